The SMILES string of the molecule is CC1(CCCOc2ccn(C(=O)OC(C)(C)C)n2)CC1.CC1(CCCOc2ccn[nH]2)CC1. The second kappa shape index (κ2) is 10.6. The number of hydrogen-bond donors (Lipinski definition) is 1. The molecule has 2 fully saturated rings. The van der Waals surface area contributed by atoms with E-state index in [-0.39, 0.29) is 0 Å². The summed E-state index contributed by atoms with van der Waals surface area (Å²) in [5, 5.41) is 10.7. The zero-order chi connectivity index (χ0) is 24.0. The molecule has 0 unspecified atom stereocenters. The van der Waals surface area contributed by atoms with Crippen molar-refractivity contribution < 1.29 is 19.0 Å². The van der Waals surface area contributed by atoms with Crippen molar-refractivity contribution in [2.75, 3.05) is 13.2 Å². The van der Waals surface area contributed by atoms with Crippen LogP contribution in [-0.4, -0.2) is 44.9 Å². The Balaban J connectivity index is 0.000000203. The van der Waals surface area contributed by atoms with Gasteiger partial charge in [0.2, 0.25) is 11.8 Å². The van der Waals surface area contributed by atoms with Crippen LogP contribution in [0.4, 0.5) is 4.79 Å². The van der Waals surface area contributed by atoms with Gasteiger partial charge in [0, 0.05) is 18.3 Å². The van der Waals surface area contributed by atoms with Crippen molar-refractivity contribution >= 4 is 6.09 Å². The fourth-order valence-corrected chi connectivity index (χ4v) is 3.40. The highest BCUT2D eigenvalue weighted by atomic mass is 16.6. The average molecular weight is 461 g/mol. The molecule has 2 aromatic heterocycles. The molecule has 2 heterocycles. The van der Waals surface area contributed by atoms with Crippen LogP contribution < -0.4 is 9.47 Å². The van der Waals surface area contributed by atoms with Crippen molar-refractivity contribution in [1.29, 1.82) is 0 Å². The molecule has 8 heteroatoms. The van der Waals surface area contributed by atoms with Gasteiger partial charge in [-0.15, -0.1) is 5.10 Å². The number of nitrogens with one attached hydrogen (secondary N) is 1. The van der Waals surface area contributed by atoms with Crippen LogP contribution in [-0.2, 0) is 4.74 Å². The van der Waals surface area contributed by atoms with Gasteiger partial charge in [-0.05, 0) is 83.0 Å². The van der Waals surface area contributed by atoms with E-state index in [0.29, 0.717) is 23.3 Å². The Labute approximate surface area is 197 Å². The molecule has 2 aromatic rings. The van der Waals surface area contributed by atoms with E-state index in [1.54, 1.807) is 18.5 Å². The largest absolute Gasteiger partial charge is 0.478 e. The lowest BCUT2D eigenvalue weighted by atomic mass is 10.0. The average Bonchev–Trinajstić information content (AvgIpc) is 3.48. The molecule has 184 valence electrons. The van der Waals surface area contributed by atoms with Crippen LogP contribution in [0.3, 0.4) is 0 Å². The summed E-state index contributed by atoms with van der Waals surface area (Å²) in [4.78, 5) is 11.8. The monoisotopic (exact) mass is 460 g/mol. The lowest BCUT2D eigenvalue weighted by Gasteiger charge is -2.18. The van der Waals surface area contributed by atoms with Crippen molar-refractivity contribution in [2.24, 2.45) is 10.8 Å². The number of aromatic amines is 1. The Morgan fingerprint density at radius 2 is 1.64 bits per heavy atom. The summed E-state index contributed by atoms with van der Waals surface area (Å²) < 4.78 is 17.4. The molecule has 2 saturated carbocycles. The number of hydrogen-bond acceptors (Lipinski definition) is 6. The molecule has 2 aliphatic carbocycles. The Kier molecular flexibility index (Phi) is 8.08. The zero-order valence-electron chi connectivity index (χ0n) is 20.9. The highest BCUT2D eigenvalue weighted by Crippen LogP contribution is 2.49. The predicted molar refractivity (Wildman–Crippen MR) is 127 cm³/mol. The van der Waals surface area contributed by atoms with E-state index in [1.165, 1.54) is 43.2 Å². The summed E-state index contributed by atoms with van der Waals surface area (Å²) in [5.74, 6) is 1.25. The van der Waals surface area contributed by atoms with Gasteiger partial charge in [0.15, 0.2) is 0 Å². The second-order valence-electron chi connectivity index (χ2n) is 11.0. The molecule has 1 N–H and O–H groups in total. The minimum Gasteiger partial charge on any atom is -0.478 e. The van der Waals surface area contributed by atoms with Gasteiger partial charge < -0.3 is 14.2 Å². The van der Waals surface area contributed by atoms with E-state index in [1.807, 2.05) is 26.8 Å². The molecule has 33 heavy (non-hydrogen) atoms. The van der Waals surface area contributed by atoms with Crippen LogP contribution in [0.15, 0.2) is 24.5 Å². The third kappa shape index (κ3) is 9.48. The maximum Gasteiger partial charge on any atom is 0.435 e. The van der Waals surface area contributed by atoms with Crippen LogP contribution in [0.2, 0.25) is 0 Å². The van der Waals surface area contributed by atoms with E-state index in [9.17, 15) is 4.79 Å². The summed E-state index contributed by atoms with van der Waals surface area (Å²) in [5.41, 5.74) is 0.681. The molecular weight excluding hydrogens is 420 g/mol. The van der Waals surface area contributed by atoms with Crippen molar-refractivity contribution in [2.45, 2.75) is 91.6 Å². The summed E-state index contributed by atoms with van der Waals surface area (Å²) in [6.45, 7) is 11.6. The number of ether oxygens (including phenoxy) is 3. The highest BCUT2D eigenvalue weighted by molar-refractivity contribution is 5.69. The van der Waals surface area contributed by atoms with Crippen LogP contribution in [0.1, 0.15) is 86.0 Å². The number of H-pyrrole nitrogens is 1. The van der Waals surface area contributed by atoms with Gasteiger partial charge in [0.1, 0.15) is 5.60 Å². The number of carbonyl (C=O) groups excluding carboxylic acids is 1. The molecule has 0 radical (unpaired) electrons. The Morgan fingerprint density at radius 1 is 1.03 bits per heavy atom. The molecule has 0 aliphatic heterocycles. The zero-order valence-corrected chi connectivity index (χ0v) is 20.9. The standard InChI is InChI=1S/C15H24N2O3.C10H16N2O/c1-14(2,3)20-13(18)17-10-6-12(16-17)19-11-5-7-15(4)8-9-15;1-10(5-6-10)4-2-8-13-9-3-7-11-12-9/h6,10H,5,7-9,11H2,1-4H3;3,7H,2,4-6,8H2,1H3,(H,11,12). The first-order chi connectivity index (χ1) is 15.6. The van der Waals surface area contributed by atoms with Gasteiger partial charge in [-0.25, -0.2) is 9.89 Å². The summed E-state index contributed by atoms with van der Waals surface area (Å²) >= 11 is 0. The van der Waals surface area contributed by atoms with E-state index in [4.69, 9.17) is 14.2 Å². The van der Waals surface area contributed by atoms with Gasteiger partial charge in [-0.1, -0.05) is 13.8 Å². The Hall–Kier alpha value is -2.51. The first kappa shape index (κ1) is 25.1. The second-order valence-corrected chi connectivity index (χ2v) is 11.0. The lowest BCUT2D eigenvalue weighted by Crippen LogP contribution is -2.27. The quantitative estimate of drug-likeness (QED) is 0.438. The van der Waals surface area contributed by atoms with Crippen LogP contribution in [0, 0.1) is 10.8 Å². The minimum atomic E-state index is -0.524. The number of carbonyl (C=O) groups is 1. The van der Waals surface area contributed by atoms with Gasteiger partial charge in [-0.2, -0.15) is 9.78 Å². The molecular formula is C25H40N4O4. The predicted octanol–water partition coefficient (Wildman–Crippen LogP) is 5.99. The molecule has 0 bridgehead atoms. The first-order valence-electron chi connectivity index (χ1n) is 12.1. The molecule has 0 spiro atoms. The smallest absolute Gasteiger partial charge is 0.435 e. The van der Waals surface area contributed by atoms with Gasteiger partial charge in [0.05, 0.1) is 19.4 Å². The minimum absolute atomic E-state index is 0.469. The summed E-state index contributed by atoms with van der Waals surface area (Å²) in [7, 11) is 0. The van der Waals surface area contributed by atoms with E-state index in [0.717, 1.165) is 25.3 Å². The third-order valence-electron chi connectivity index (χ3n) is 6.18. The Morgan fingerprint density at radius 3 is 2.15 bits per heavy atom. The van der Waals surface area contributed by atoms with Crippen LogP contribution in [0.5, 0.6) is 11.8 Å². The van der Waals surface area contributed by atoms with E-state index >= 15 is 0 Å². The summed E-state index contributed by atoms with van der Waals surface area (Å²) in [6.07, 6.45) is 12.9. The van der Waals surface area contributed by atoms with Gasteiger partial charge >= 0.3 is 6.09 Å². The number of nitrogens with zero attached hydrogens (tertiary/aromatic N) is 3. The number of rotatable bonds is 10. The van der Waals surface area contributed by atoms with Gasteiger partial charge in [-0.3, -0.25) is 0 Å². The fraction of sp³-hybridized carbons (Fsp3) is 0.720. The topological polar surface area (TPSA) is 91.3 Å². The molecule has 8 nitrogen and oxygen atoms in total. The lowest BCUT2D eigenvalue weighted by molar-refractivity contribution is 0.0511. The Bertz CT molecular complexity index is 861. The molecule has 4 rings (SSSR count). The van der Waals surface area contributed by atoms with Crippen molar-refractivity contribution in [3.8, 4) is 11.8 Å². The normalized spacial score (nSPS) is 17.5. The highest BCUT2D eigenvalue weighted by Gasteiger charge is 2.36. The molecule has 0 atom stereocenters. The molecule has 0 saturated heterocycles. The van der Waals surface area contributed by atoms with Gasteiger partial charge in [0.25, 0.3) is 0 Å². The van der Waals surface area contributed by atoms with Crippen molar-refractivity contribution in [3.63, 3.8) is 0 Å². The van der Waals surface area contributed by atoms with E-state index < -0.39 is 11.7 Å². The third-order valence-corrected chi connectivity index (χ3v) is 6.18. The number of aromatic nitrogens is 4. The maximum atomic E-state index is 11.8. The maximum absolute atomic E-state index is 11.8. The molecule has 0 aromatic carbocycles. The van der Waals surface area contributed by atoms with Crippen molar-refractivity contribution in [3.05, 3.63) is 24.5 Å². The van der Waals surface area contributed by atoms with Crippen LogP contribution >= 0.6 is 0 Å². The van der Waals surface area contributed by atoms with Crippen LogP contribution in [0.25, 0.3) is 0 Å². The van der Waals surface area contributed by atoms with Crippen molar-refractivity contribution in [1.82, 2.24) is 20.0 Å². The van der Waals surface area contributed by atoms with E-state index in [2.05, 4.69) is 29.1 Å². The molecule has 2 aliphatic rings. The fourth-order valence-electron chi connectivity index (χ4n) is 3.40. The summed E-state index contributed by atoms with van der Waals surface area (Å²) in [6, 6.07) is 3.53. The first-order valence-corrected chi connectivity index (χ1v) is 12.1. The molecule has 0 amide bonds.